The van der Waals surface area contributed by atoms with Crippen molar-refractivity contribution in [2.75, 3.05) is 17.3 Å². The summed E-state index contributed by atoms with van der Waals surface area (Å²) >= 11 is 1.61. The summed E-state index contributed by atoms with van der Waals surface area (Å²) in [6.07, 6.45) is 2.39. The minimum Gasteiger partial charge on any atom is -0.324 e. The Labute approximate surface area is 215 Å². The second-order valence-electron chi connectivity index (χ2n) is 9.96. The van der Waals surface area contributed by atoms with E-state index >= 15 is 0 Å². The highest BCUT2D eigenvalue weighted by molar-refractivity contribution is 7.98. The Morgan fingerprint density at radius 2 is 1.31 bits per heavy atom. The summed E-state index contributed by atoms with van der Waals surface area (Å²) in [5, 5.41) is 2.96. The molecule has 0 unspecified atom stereocenters. The molecule has 0 aromatic heterocycles. The van der Waals surface area contributed by atoms with E-state index in [2.05, 4.69) is 29.6 Å². The molecular weight excluding hydrogens is 468 g/mol. The van der Waals surface area contributed by atoms with E-state index in [1.54, 1.807) is 11.8 Å². The lowest BCUT2D eigenvalue weighted by Crippen LogP contribution is -2.48. The Balaban J connectivity index is 1.39. The minimum absolute atomic E-state index is 0.171. The lowest BCUT2D eigenvalue weighted by molar-refractivity contribution is -0.146. The number of rotatable bonds is 6. The molecule has 3 aromatic carbocycles. The molecule has 6 heteroatoms. The maximum atomic E-state index is 14.1. The molecular formula is C30H28N2O3S. The summed E-state index contributed by atoms with van der Waals surface area (Å²) in [5.41, 5.74) is 6.29. The van der Waals surface area contributed by atoms with E-state index < -0.39 is 17.9 Å². The zero-order valence-electron chi connectivity index (χ0n) is 20.3. The third-order valence-corrected chi connectivity index (χ3v) is 8.66. The maximum Gasteiger partial charge on any atom is 0.247 e. The monoisotopic (exact) mass is 496 g/mol. The number of imide groups is 1. The van der Waals surface area contributed by atoms with Crippen molar-refractivity contribution in [3.63, 3.8) is 0 Å². The summed E-state index contributed by atoms with van der Waals surface area (Å²) in [6, 6.07) is 23.1. The number of carbonyl (C=O) groups is 3. The number of benzene rings is 3. The first-order valence-electron chi connectivity index (χ1n) is 12.4. The maximum absolute atomic E-state index is 14.1. The van der Waals surface area contributed by atoms with E-state index in [0.29, 0.717) is 17.9 Å². The van der Waals surface area contributed by atoms with Crippen molar-refractivity contribution in [3.8, 4) is 0 Å². The lowest BCUT2D eigenvalue weighted by Gasteiger charge is -2.45. The topological polar surface area (TPSA) is 66.5 Å². The average Bonchev–Trinajstić information content (AvgIpc) is 3.16. The van der Waals surface area contributed by atoms with Crippen molar-refractivity contribution >= 4 is 35.2 Å². The molecule has 0 saturated carbocycles. The number of amides is 3. The normalized spacial score (nSPS) is 24.2. The zero-order chi connectivity index (χ0) is 25.0. The molecule has 0 spiro atoms. The van der Waals surface area contributed by atoms with Gasteiger partial charge in [0, 0.05) is 17.5 Å². The van der Waals surface area contributed by atoms with Gasteiger partial charge in [-0.15, -0.1) is 0 Å². The van der Waals surface area contributed by atoms with Gasteiger partial charge in [0.05, 0.1) is 11.8 Å². The molecule has 3 aliphatic carbocycles. The highest BCUT2D eigenvalue weighted by Crippen LogP contribution is 2.61. The fourth-order valence-corrected chi connectivity index (χ4v) is 6.94. The molecule has 1 N–H and O–H groups in total. The number of likely N-dealkylation sites (tertiary alicyclic amines) is 1. The third-order valence-electron chi connectivity index (χ3n) is 8.01. The van der Waals surface area contributed by atoms with Crippen LogP contribution in [0.5, 0.6) is 0 Å². The summed E-state index contributed by atoms with van der Waals surface area (Å²) < 4.78 is 0. The molecule has 2 bridgehead atoms. The number of carbonyl (C=O) groups excluding carboxylic acids is 3. The van der Waals surface area contributed by atoms with E-state index in [0.717, 1.165) is 27.8 Å². The molecule has 182 valence electrons. The van der Waals surface area contributed by atoms with Gasteiger partial charge in [0.15, 0.2) is 0 Å². The lowest BCUT2D eigenvalue weighted by atomic mass is 9.55. The Bertz CT molecular complexity index is 1250. The Kier molecular flexibility index (Phi) is 5.72. The standard InChI is InChI=1S/C30H28N2O3S/c1-17-11-13-18(14-12-17)31-28(33)23(15-16-36-2)32-29(34)26-24-19-7-3-4-8-20(19)25(27(26)30(32)35)22-10-6-5-9-21(22)24/h3-14,23-27H,15-16H2,1-2H3,(H,31,33)/t23-,24?,25?,26-,27+/m1/s1. The van der Waals surface area contributed by atoms with Crippen molar-refractivity contribution in [2.24, 2.45) is 11.8 Å². The van der Waals surface area contributed by atoms with Gasteiger partial charge in [-0.05, 0) is 59.7 Å². The van der Waals surface area contributed by atoms with Crippen molar-refractivity contribution in [2.45, 2.75) is 31.2 Å². The molecule has 5 nitrogen and oxygen atoms in total. The second-order valence-corrected chi connectivity index (χ2v) is 10.9. The van der Waals surface area contributed by atoms with Crippen molar-refractivity contribution in [1.82, 2.24) is 4.90 Å². The molecule has 3 amide bonds. The van der Waals surface area contributed by atoms with Gasteiger partial charge < -0.3 is 5.32 Å². The van der Waals surface area contributed by atoms with Crippen LogP contribution in [0.3, 0.4) is 0 Å². The molecule has 1 fully saturated rings. The number of hydrogen-bond acceptors (Lipinski definition) is 4. The van der Waals surface area contributed by atoms with Crippen molar-refractivity contribution in [3.05, 3.63) is 101 Å². The number of aryl methyl sites for hydroxylation is 1. The van der Waals surface area contributed by atoms with Gasteiger partial charge in [-0.1, -0.05) is 66.2 Å². The van der Waals surface area contributed by atoms with Gasteiger partial charge in [-0.2, -0.15) is 11.8 Å². The van der Waals surface area contributed by atoms with E-state index in [4.69, 9.17) is 0 Å². The molecule has 1 saturated heterocycles. The minimum atomic E-state index is -0.838. The van der Waals surface area contributed by atoms with Crippen LogP contribution >= 0.6 is 11.8 Å². The average molecular weight is 497 g/mol. The molecule has 36 heavy (non-hydrogen) atoms. The predicted molar refractivity (Wildman–Crippen MR) is 142 cm³/mol. The summed E-state index contributed by atoms with van der Waals surface area (Å²) in [5.74, 6) is -1.36. The van der Waals surface area contributed by atoms with Crippen LogP contribution in [0.1, 0.15) is 46.1 Å². The van der Waals surface area contributed by atoms with E-state index in [9.17, 15) is 14.4 Å². The Morgan fingerprint density at radius 3 is 1.75 bits per heavy atom. The number of nitrogens with one attached hydrogen (secondary N) is 1. The smallest absolute Gasteiger partial charge is 0.247 e. The van der Waals surface area contributed by atoms with Crippen LogP contribution in [0.2, 0.25) is 0 Å². The Hall–Kier alpha value is -3.38. The number of hydrogen-bond donors (Lipinski definition) is 1. The number of anilines is 1. The quantitative estimate of drug-likeness (QED) is 0.491. The van der Waals surface area contributed by atoms with Crippen molar-refractivity contribution < 1.29 is 14.4 Å². The van der Waals surface area contributed by atoms with Crippen molar-refractivity contribution in [1.29, 1.82) is 0 Å². The second kappa shape index (κ2) is 8.93. The number of nitrogens with zero attached hydrogens (tertiary/aromatic N) is 1. The molecule has 1 heterocycles. The van der Waals surface area contributed by atoms with Crippen LogP contribution in [-0.2, 0) is 14.4 Å². The largest absolute Gasteiger partial charge is 0.324 e. The fourth-order valence-electron chi connectivity index (χ4n) is 6.48. The van der Waals surface area contributed by atoms with E-state index in [1.165, 1.54) is 4.90 Å². The molecule has 1 aliphatic heterocycles. The van der Waals surface area contributed by atoms with Gasteiger partial charge in [0.25, 0.3) is 0 Å². The SMILES string of the molecule is CSCC[C@H](C(=O)Nc1ccc(C)cc1)N1C(=O)[C@@H]2C3c4ccccc4C(c4ccccc43)[C@@H]2C1=O. The van der Waals surface area contributed by atoms with Crippen LogP contribution in [0.15, 0.2) is 72.8 Å². The Morgan fingerprint density at radius 1 is 0.833 bits per heavy atom. The van der Waals surface area contributed by atoms with Gasteiger partial charge >= 0.3 is 0 Å². The first kappa shape index (κ1) is 23.0. The molecule has 3 atom stereocenters. The highest BCUT2D eigenvalue weighted by atomic mass is 32.2. The first-order chi connectivity index (χ1) is 17.5. The molecule has 3 aromatic rings. The van der Waals surface area contributed by atoms with E-state index in [-0.39, 0.29) is 29.6 Å². The highest BCUT2D eigenvalue weighted by Gasteiger charge is 2.62. The predicted octanol–water partition coefficient (Wildman–Crippen LogP) is 4.95. The summed E-state index contributed by atoms with van der Waals surface area (Å²) in [6.45, 7) is 1.99. The van der Waals surface area contributed by atoms with Crippen LogP contribution in [0, 0.1) is 18.8 Å². The van der Waals surface area contributed by atoms with Gasteiger partial charge in [-0.25, -0.2) is 0 Å². The van der Waals surface area contributed by atoms with Gasteiger partial charge in [0.1, 0.15) is 6.04 Å². The van der Waals surface area contributed by atoms with Crippen LogP contribution in [0.25, 0.3) is 0 Å². The van der Waals surface area contributed by atoms with Crippen LogP contribution < -0.4 is 5.32 Å². The van der Waals surface area contributed by atoms with Crippen LogP contribution in [-0.4, -0.2) is 40.7 Å². The fraction of sp³-hybridized carbons (Fsp3) is 0.300. The summed E-state index contributed by atoms with van der Waals surface area (Å²) in [4.78, 5) is 43.0. The first-order valence-corrected chi connectivity index (χ1v) is 13.8. The molecule has 0 radical (unpaired) electrons. The molecule has 4 aliphatic rings. The third kappa shape index (κ3) is 3.42. The number of thioether (sulfide) groups is 1. The van der Waals surface area contributed by atoms with Gasteiger partial charge in [-0.3, -0.25) is 19.3 Å². The van der Waals surface area contributed by atoms with Crippen LogP contribution in [0.4, 0.5) is 5.69 Å². The van der Waals surface area contributed by atoms with E-state index in [1.807, 2.05) is 61.7 Å². The summed E-state index contributed by atoms with van der Waals surface area (Å²) in [7, 11) is 0. The molecule has 7 rings (SSSR count). The zero-order valence-corrected chi connectivity index (χ0v) is 21.1. The van der Waals surface area contributed by atoms with Gasteiger partial charge in [0.2, 0.25) is 17.7 Å².